The lowest BCUT2D eigenvalue weighted by Crippen LogP contribution is -2.37. The summed E-state index contributed by atoms with van der Waals surface area (Å²) >= 11 is 6.45. The molecular weight excluding hydrogens is 488 g/mol. The maximum atomic E-state index is 10.8. The monoisotopic (exact) mass is 508 g/mol. The van der Waals surface area contributed by atoms with Crippen molar-refractivity contribution in [2.24, 2.45) is 5.92 Å². The average Bonchev–Trinajstić information content (AvgIpc) is 3.12. The standard InChI is InChI=1S/C19H21ClN8O7/c1-10(2)9-27-15-12(23-16(27)20)14(26-3-5-33-6-4-26)24-13(25-15)11-7-21-17(22-8-11)28(34-18(29)30)35-19(31)32/h7-8,10H,3-6,9H2,1-2H3,(H,29,30)(H,31,32). The van der Waals surface area contributed by atoms with Gasteiger partial charge in [0, 0.05) is 37.3 Å². The van der Waals surface area contributed by atoms with Crippen LogP contribution in [0.1, 0.15) is 13.8 Å². The molecule has 0 atom stereocenters. The molecule has 2 N–H and O–H groups in total. The fourth-order valence-corrected chi connectivity index (χ4v) is 3.62. The van der Waals surface area contributed by atoms with Crippen molar-refractivity contribution >= 4 is 46.8 Å². The van der Waals surface area contributed by atoms with Crippen molar-refractivity contribution in [2.45, 2.75) is 20.4 Å². The topological polar surface area (TPSA) is 178 Å². The minimum atomic E-state index is -1.82. The van der Waals surface area contributed by atoms with Gasteiger partial charge in [0.2, 0.25) is 5.28 Å². The molecule has 0 aliphatic carbocycles. The summed E-state index contributed by atoms with van der Waals surface area (Å²) < 4.78 is 7.25. The van der Waals surface area contributed by atoms with E-state index in [4.69, 9.17) is 26.6 Å². The molecule has 1 aliphatic heterocycles. The molecule has 1 aliphatic rings. The molecule has 1 saturated heterocycles. The van der Waals surface area contributed by atoms with Gasteiger partial charge in [-0.3, -0.25) is 14.2 Å². The molecule has 0 spiro atoms. The number of imidazole rings is 1. The summed E-state index contributed by atoms with van der Waals surface area (Å²) in [5.41, 5.74) is 1.45. The van der Waals surface area contributed by atoms with Crippen molar-refractivity contribution in [1.82, 2.24) is 29.5 Å². The summed E-state index contributed by atoms with van der Waals surface area (Å²) in [5.74, 6) is 0.636. The Bertz CT molecular complexity index is 1210. The summed E-state index contributed by atoms with van der Waals surface area (Å²) in [4.78, 5) is 53.9. The fraction of sp³-hybridized carbons (Fsp3) is 0.421. The molecule has 16 heteroatoms. The second-order valence-electron chi connectivity index (χ2n) is 7.77. The Morgan fingerprint density at radius 2 is 1.74 bits per heavy atom. The highest BCUT2D eigenvalue weighted by atomic mass is 35.5. The zero-order chi connectivity index (χ0) is 25.1. The van der Waals surface area contributed by atoms with Gasteiger partial charge in [-0.25, -0.2) is 34.5 Å². The SMILES string of the molecule is CC(C)Cn1c(Cl)nc2c(N3CCOCC3)nc(-c3cnc(N(OC(=O)O)OC(=O)O)nc3)nc21. The van der Waals surface area contributed by atoms with Crippen molar-refractivity contribution in [1.29, 1.82) is 0 Å². The first kappa shape index (κ1) is 24.2. The summed E-state index contributed by atoms with van der Waals surface area (Å²) in [6.45, 7) is 6.93. The van der Waals surface area contributed by atoms with E-state index in [2.05, 4.69) is 34.6 Å². The Hall–Kier alpha value is -3.98. The van der Waals surface area contributed by atoms with Crippen LogP contribution in [-0.4, -0.2) is 78.3 Å². The number of hydrogen-bond acceptors (Lipinski definition) is 12. The van der Waals surface area contributed by atoms with Crippen molar-refractivity contribution < 1.29 is 34.2 Å². The van der Waals surface area contributed by atoms with E-state index in [1.54, 1.807) is 4.57 Å². The third-order valence-corrected chi connectivity index (χ3v) is 5.06. The summed E-state index contributed by atoms with van der Waals surface area (Å²) in [6.07, 6.45) is -1.09. The molecule has 4 heterocycles. The van der Waals surface area contributed by atoms with Gasteiger partial charge in [0.25, 0.3) is 0 Å². The summed E-state index contributed by atoms with van der Waals surface area (Å²) in [6, 6.07) is 0. The molecule has 0 aromatic carbocycles. The zero-order valence-electron chi connectivity index (χ0n) is 18.7. The maximum Gasteiger partial charge on any atom is 0.533 e. The number of rotatable bonds is 7. The number of anilines is 2. The van der Waals surface area contributed by atoms with E-state index in [1.807, 2.05) is 18.7 Å². The van der Waals surface area contributed by atoms with Crippen molar-refractivity contribution in [3.8, 4) is 11.4 Å². The minimum Gasteiger partial charge on any atom is -0.448 e. The number of fused-ring (bicyclic) bond motifs is 1. The normalized spacial score (nSPS) is 13.8. The van der Waals surface area contributed by atoms with Crippen molar-refractivity contribution in [3.05, 3.63) is 17.7 Å². The van der Waals surface area contributed by atoms with E-state index in [-0.39, 0.29) is 22.3 Å². The van der Waals surface area contributed by atoms with Crippen LogP contribution in [0.5, 0.6) is 0 Å². The quantitative estimate of drug-likeness (QED) is 0.351. The molecule has 0 radical (unpaired) electrons. The number of carboxylic acid groups (broad SMARTS) is 2. The Labute approximate surface area is 202 Å². The highest BCUT2D eigenvalue weighted by Gasteiger charge is 2.25. The Balaban J connectivity index is 1.77. The summed E-state index contributed by atoms with van der Waals surface area (Å²) in [5, 5.41) is 17.9. The zero-order valence-corrected chi connectivity index (χ0v) is 19.4. The molecule has 0 amide bonds. The Kier molecular flexibility index (Phi) is 6.97. The van der Waals surface area contributed by atoms with Gasteiger partial charge >= 0.3 is 18.3 Å². The highest BCUT2D eigenvalue weighted by Crippen LogP contribution is 2.30. The molecule has 186 valence electrons. The van der Waals surface area contributed by atoms with E-state index in [1.165, 1.54) is 12.4 Å². The molecule has 3 aromatic heterocycles. The number of hydrogen-bond donors (Lipinski definition) is 2. The number of ether oxygens (including phenoxy) is 1. The van der Waals surface area contributed by atoms with E-state index >= 15 is 0 Å². The number of aromatic nitrogens is 6. The van der Waals surface area contributed by atoms with Gasteiger partial charge < -0.3 is 19.8 Å². The Morgan fingerprint density at radius 1 is 1.11 bits per heavy atom. The van der Waals surface area contributed by atoms with Gasteiger partial charge in [-0.2, -0.15) is 0 Å². The molecule has 4 rings (SSSR count). The second-order valence-corrected chi connectivity index (χ2v) is 8.11. The first-order chi connectivity index (χ1) is 16.7. The number of carbonyl (C=O) groups is 2. The fourth-order valence-electron chi connectivity index (χ4n) is 3.38. The van der Waals surface area contributed by atoms with Crippen molar-refractivity contribution in [3.63, 3.8) is 0 Å². The van der Waals surface area contributed by atoms with Gasteiger partial charge in [-0.15, -0.1) is 0 Å². The molecule has 35 heavy (non-hydrogen) atoms. The van der Waals surface area contributed by atoms with Gasteiger partial charge in [0.1, 0.15) is 0 Å². The maximum absolute atomic E-state index is 10.8. The smallest absolute Gasteiger partial charge is 0.448 e. The average molecular weight is 509 g/mol. The van der Waals surface area contributed by atoms with Gasteiger partial charge in [-0.05, 0) is 17.5 Å². The molecular formula is C19H21ClN8O7. The van der Waals surface area contributed by atoms with Crippen LogP contribution in [0.15, 0.2) is 12.4 Å². The molecule has 1 fully saturated rings. The molecule has 3 aromatic rings. The van der Waals surface area contributed by atoms with Crippen LogP contribution in [-0.2, 0) is 21.0 Å². The van der Waals surface area contributed by atoms with Crippen LogP contribution >= 0.6 is 11.6 Å². The predicted molar refractivity (Wildman–Crippen MR) is 120 cm³/mol. The van der Waals surface area contributed by atoms with E-state index in [0.717, 1.165) is 0 Å². The molecule has 0 unspecified atom stereocenters. The predicted octanol–water partition coefficient (Wildman–Crippen LogP) is 2.45. The highest BCUT2D eigenvalue weighted by molar-refractivity contribution is 6.29. The third-order valence-electron chi connectivity index (χ3n) is 4.77. The largest absolute Gasteiger partial charge is 0.533 e. The third kappa shape index (κ3) is 5.41. The van der Waals surface area contributed by atoms with Crippen LogP contribution in [0.3, 0.4) is 0 Å². The van der Waals surface area contributed by atoms with Gasteiger partial charge in [0.05, 0.1) is 18.8 Å². The van der Waals surface area contributed by atoms with Crippen LogP contribution in [0.25, 0.3) is 22.6 Å². The first-order valence-corrected chi connectivity index (χ1v) is 10.8. The molecule has 15 nitrogen and oxygen atoms in total. The lowest BCUT2D eigenvalue weighted by atomic mass is 10.2. The number of morpholine rings is 1. The van der Waals surface area contributed by atoms with Crippen LogP contribution in [0.4, 0.5) is 21.4 Å². The Morgan fingerprint density at radius 3 is 2.31 bits per heavy atom. The first-order valence-electron chi connectivity index (χ1n) is 10.4. The second kappa shape index (κ2) is 10.1. The lowest BCUT2D eigenvalue weighted by Gasteiger charge is -2.28. The van der Waals surface area contributed by atoms with Crippen LogP contribution < -0.4 is 10.1 Å². The van der Waals surface area contributed by atoms with E-state index < -0.39 is 18.3 Å². The summed E-state index contributed by atoms with van der Waals surface area (Å²) in [7, 11) is 0. The van der Waals surface area contributed by atoms with Crippen molar-refractivity contribution in [2.75, 3.05) is 36.4 Å². The lowest BCUT2D eigenvalue weighted by molar-refractivity contribution is -0.0481. The molecule has 0 saturated carbocycles. The minimum absolute atomic E-state index is 0.0507. The number of halogens is 1. The number of nitrogens with zero attached hydrogens (tertiary/aromatic N) is 8. The van der Waals surface area contributed by atoms with Gasteiger partial charge in [-0.1, -0.05) is 13.8 Å². The molecule has 0 bridgehead atoms. The van der Waals surface area contributed by atoms with E-state index in [9.17, 15) is 9.59 Å². The van der Waals surface area contributed by atoms with Gasteiger partial charge in [0.15, 0.2) is 22.8 Å². The van der Waals surface area contributed by atoms with Crippen LogP contribution in [0.2, 0.25) is 5.28 Å². The van der Waals surface area contributed by atoms with Crippen LogP contribution in [0, 0.1) is 5.92 Å². The van der Waals surface area contributed by atoms with E-state index in [0.29, 0.717) is 55.4 Å².